The number of benzene rings is 1. The molecule has 1 fully saturated rings. The van der Waals surface area contributed by atoms with Crippen molar-refractivity contribution in [3.63, 3.8) is 0 Å². The monoisotopic (exact) mass is 239 g/mol. The molecule has 0 radical (unpaired) electrons. The number of likely N-dealkylation sites (tertiary alicyclic amines) is 1. The number of ether oxygens (including phenoxy) is 1. The van der Waals surface area contributed by atoms with Gasteiger partial charge in [-0.1, -0.05) is 0 Å². The molecule has 1 heterocycles. The molecule has 1 atom stereocenters. The van der Waals surface area contributed by atoms with Crippen LogP contribution < -0.4 is 4.74 Å². The fraction of sp³-hybridized carbons (Fsp3) is 0.417. The first-order chi connectivity index (χ1) is 8.11. The first-order valence-electron chi connectivity index (χ1n) is 5.42. The van der Waals surface area contributed by atoms with Crippen LogP contribution in [0.1, 0.15) is 16.8 Å². The van der Waals surface area contributed by atoms with E-state index in [-0.39, 0.29) is 17.2 Å². The molecule has 0 aliphatic carbocycles. The Morgan fingerprint density at radius 2 is 2.35 bits per heavy atom. The Morgan fingerprint density at radius 1 is 1.59 bits per heavy atom. The largest absolute Gasteiger partial charge is 0.494 e. The normalized spacial score (nSPS) is 19.5. The summed E-state index contributed by atoms with van der Waals surface area (Å²) in [5.41, 5.74) is 0.275. The van der Waals surface area contributed by atoms with Crippen molar-refractivity contribution in [2.24, 2.45) is 0 Å². The zero-order valence-electron chi connectivity index (χ0n) is 9.52. The number of amides is 1. The van der Waals surface area contributed by atoms with Crippen molar-refractivity contribution < 1.29 is 19.0 Å². The third-order valence-electron chi connectivity index (χ3n) is 2.85. The van der Waals surface area contributed by atoms with E-state index >= 15 is 0 Å². The molecule has 1 N–H and O–H groups in total. The SMILES string of the molecule is COc1ccc(C(=O)N2CC[C@H](O)C2)cc1F. The van der Waals surface area contributed by atoms with Gasteiger partial charge in [-0.05, 0) is 24.6 Å². The maximum absolute atomic E-state index is 13.4. The second-order valence-electron chi connectivity index (χ2n) is 4.04. The molecule has 0 unspecified atom stereocenters. The summed E-state index contributed by atoms with van der Waals surface area (Å²) in [7, 11) is 1.37. The van der Waals surface area contributed by atoms with Crippen molar-refractivity contribution >= 4 is 5.91 Å². The van der Waals surface area contributed by atoms with Crippen LogP contribution >= 0.6 is 0 Å². The van der Waals surface area contributed by atoms with Gasteiger partial charge in [0.1, 0.15) is 0 Å². The number of carbonyl (C=O) groups excluding carboxylic acids is 1. The number of carbonyl (C=O) groups is 1. The molecular weight excluding hydrogens is 225 g/mol. The molecule has 1 aromatic carbocycles. The summed E-state index contributed by atoms with van der Waals surface area (Å²) < 4.78 is 18.2. The molecule has 1 aromatic rings. The number of hydrogen-bond donors (Lipinski definition) is 1. The van der Waals surface area contributed by atoms with Gasteiger partial charge in [-0.2, -0.15) is 0 Å². The highest BCUT2D eigenvalue weighted by Crippen LogP contribution is 2.20. The third-order valence-corrected chi connectivity index (χ3v) is 2.85. The highest BCUT2D eigenvalue weighted by molar-refractivity contribution is 5.94. The fourth-order valence-electron chi connectivity index (χ4n) is 1.91. The van der Waals surface area contributed by atoms with Crippen molar-refractivity contribution in [1.29, 1.82) is 0 Å². The molecule has 1 aliphatic rings. The lowest BCUT2D eigenvalue weighted by Crippen LogP contribution is -2.29. The molecule has 4 nitrogen and oxygen atoms in total. The van der Waals surface area contributed by atoms with Crippen molar-refractivity contribution in [3.05, 3.63) is 29.6 Å². The number of β-amino-alcohol motifs (C(OH)–C–C–N with tert-alkyl or cyclic N) is 1. The molecule has 1 saturated heterocycles. The highest BCUT2D eigenvalue weighted by Gasteiger charge is 2.25. The van der Waals surface area contributed by atoms with E-state index in [2.05, 4.69) is 0 Å². The summed E-state index contributed by atoms with van der Waals surface area (Å²) in [6.45, 7) is 0.820. The van der Waals surface area contributed by atoms with Crippen LogP contribution in [0.4, 0.5) is 4.39 Å². The van der Waals surface area contributed by atoms with Gasteiger partial charge in [-0.3, -0.25) is 4.79 Å². The maximum atomic E-state index is 13.4. The average Bonchev–Trinajstić information content (AvgIpc) is 2.75. The molecule has 2 rings (SSSR count). The Balaban J connectivity index is 2.17. The van der Waals surface area contributed by atoms with E-state index < -0.39 is 11.9 Å². The minimum Gasteiger partial charge on any atom is -0.494 e. The van der Waals surface area contributed by atoms with E-state index in [9.17, 15) is 14.3 Å². The van der Waals surface area contributed by atoms with Crippen LogP contribution in [0.5, 0.6) is 5.75 Å². The Kier molecular flexibility index (Phi) is 3.28. The van der Waals surface area contributed by atoms with E-state index in [0.29, 0.717) is 19.5 Å². The van der Waals surface area contributed by atoms with Gasteiger partial charge < -0.3 is 14.7 Å². The van der Waals surface area contributed by atoms with Gasteiger partial charge in [0.15, 0.2) is 11.6 Å². The van der Waals surface area contributed by atoms with Crippen LogP contribution in [0.25, 0.3) is 0 Å². The molecular formula is C12H14FNO3. The molecule has 1 amide bonds. The van der Waals surface area contributed by atoms with E-state index in [0.717, 1.165) is 6.07 Å². The minimum atomic E-state index is -0.557. The lowest BCUT2D eigenvalue weighted by atomic mass is 10.2. The summed E-state index contributed by atoms with van der Waals surface area (Å²) >= 11 is 0. The molecule has 0 bridgehead atoms. The smallest absolute Gasteiger partial charge is 0.254 e. The zero-order valence-corrected chi connectivity index (χ0v) is 9.52. The van der Waals surface area contributed by atoms with Gasteiger partial charge in [0.05, 0.1) is 13.2 Å². The molecule has 0 spiro atoms. The summed E-state index contributed by atoms with van der Waals surface area (Å²) in [6.07, 6.45) is 0.103. The van der Waals surface area contributed by atoms with Crippen LogP contribution in [0, 0.1) is 5.82 Å². The average molecular weight is 239 g/mol. The second-order valence-corrected chi connectivity index (χ2v) is 4.04. The number of aliphatic hydroxyl groups excluding tert-OH is 1. The van der Waals surface area contributed by atoms with Gasteiger partial charge in [-0.25, -0.2) is 4.39 Å². The zero-order chi connectivity index (χ0) is 12.4. The Hall–Kier alpha value is -1.62. The van der Waals surface area contributed by atoms with Crippen LogP contribution in [-0.2, 0) is 0 Å². The lowest BCUT2D eigenvalue weighted by molar-refractivity contribution is 0.0764. The third kappa shape index (κ3) is 2.39. The number of nitrogens with zero attached hydrogens (tertiary/aromatic N) is 1. The molecule has 0 aromatic heterocycles. The fourth-order valence-corrected chi connectivity index (χ4v) is 1.91. The summed E-state index contributed by atoms with van der Waals surface area (Å²) in [6, 6.07) is 4.11. The van der Waals surface area contributed by atoms with E-state index in [1.54, 1.807) is 0 Å². The molecule has 92 valence electrons. The van der Waals surface area contributed by atoms with Crippen molar-refractivity contribution in [3.8, 4) is 5.75 Å². The van der Waals surface area contributed by atoms with Gasteiger partial charge in [0.2, 0.25) is 0 Å². The summed E-state index contributed by atoms with van der Waals surface area (Å²) in [5.74, 6) is -0.704. The summed E-state index contributed by atoms with van der Waals surface area (Å²) in [4.78, 5) is 13.5. The second kappa shape index (κ2) is 4.71. The van der Waals surface area contributed by atoms with Gasteiger partial charge in [-0.15, -0.1) is 0 Å². The van der Waals surface area contributed by atoms with Crippen LogP contribution in [0.3, 0.4) is 0 Å². The van der Waals surface area contributed by atoms with Crippen molar-refractivity contribution in [1.82, 2.24) is 4.90 Å². The maximum Gasteiger partial charge on any atom is 0.254 e. The van der Waals surface area contributed by atoms with E-state index in [1.165, 1.54) is 24.1 Å². The highest BCUT2D eigenvalue weighted by atomic mass is 19.1. The van der Waals surface area contributed by atoms with Crippen molar-refractivity contribution in [2.45, 2.75) is 12.5 Å². The lowest BCUT2D eigenvalue weighted by Gasteiger charge is -2.15. The molecule has 0 saturated carbocycles. The van der Waals surface area contributed by atoms with Crippen molar-refractivity contribution in [2.75, 3.05) is 20.2 Å². The predicted octanol–water partition coefficient (Wildman–Crippen LogP) is 1.04. The number of aliphatic hydroxyl groups is 1. The standard InChI is InChI=1S/C12H14FNO3/c1-17-11-3-2-8(6-10(11)13)12(16)14-5-4-9(15)7-14/h2-3,6,9,15H,4-5,7H2,1H3/t9-/m0/s1. The molecule has 1 aliphatic heterocycles. The molecule has 5 heteroatoms. The van der Waals surface area contributed by atoms with Crippen LogP contribution in [0.2, 0.25) is 0 Å². The van der Waals surface area contributed by atoms with E-state index in [1.807, 2.05) is 0 Å². The quantitative estimate of drug-likeness (QED) is 0.839. The molecule has 17 heavy (non-hydrogen) atoms. The van der Waals surface area contributed by atoms with Gasteiger partial charge >= 0.3 is 0 Å². The van der Waals surface area contributed by atoms with Gasteiger partial charge in [0.25, 0.3) is 5.91 Å². The Labute approximate surface area is 98.6 Å². The number of rotatable bonds is 2. The number of hydrogen-bond acceptors (Lipinski definition) is 3. The Morgan fingerprint density at radius 3 is 2.88 bits per heavy atom. The van der Waals surface area contributed by atoms with E-state index in [4.69, 9.17) is 4.74 Å². The van der Waals surface area contributed by atoms with Gasteiger partial charge in [0, 0.05) is 18.7 Å². The first kappa shape index (κ1) is 11.9. The minimum absolute atomic E-state index is 0.114. The Bertz CT molecular complexity index is 436. The number of halogens is 1. The van der Waals surface area contributed by atoms with Crippen LogP contribution in [-0.4, -0.2) is 42.2 Å². The predicted molar refractivity (Wildman–Crippen MR) is 59.5 cm³/mol. The van der Waals surface area contributed by atoms with Crippen LogP contribution in [0.15, 0.2) is 18.2 Å². The topological polar surface area (TPSA) is 49.8 Å². The number of methoxy groups -OCH3 is 1. The first-order valence-corrected chi connectivity index (χ1v) is 5.42. The summed E-state index contributed by atoms with van der Waals surface area (Å²) in [5, 5.41) is 9.34.